The lowest BCUT2D eigenvalue weighted by Crippen LogP contribution is -2.14. The second-order valence-electron chi connectivity index (χ2n) is 6.12. The van der Waals surface area contributed by atoms with E-state index in [1.54, 1.807) is 0 Å². The molecule has 2 heterocycles. The van der Waals surface area contributed by atoms with E-state index in [9.17, 15) is 35.5 Å². The van der Waals surface area contributed by atoms with Crippen molar-refractivity contribution in [1.82, 2.24) is 19.7 Å². The van der Waals surface area contributed by atoms with Gasteiger partial charge in [0, 0.05) is 24.0 Å². The Kier molecular flexibility index (Phi) is 5.53. The van der Waals surface area contributed by atoms with Crippen molar-refractivity contribution in [1.29, 1.82) is 0 Å². The van der Waals surface area contributed by atoms with Crippen LogP contribution in [0.5, 0.6) is 0 Å². The summed E-state index contributed by atoms with van der Waals surface area (Å²) >= 11 is 0. The first-order valence-corrected chi connectivity index (χ1v) is 8.19. The van der Waals surface area contributed by atoms with Gasteiger partial charge in [-0.15, -0.1) is 5.10 Å². The minimum absolute atomic E-state index is 0.0236. The van der Waals surface area contributed by atoms with Crippen molar-refractivity contribution in [3.63, 3.8) is 0 Å². The highest BCUT2D eigenvalue weighted by atomic mass is 19.4. The molecule has 0 saturated heterocycles. The Bertz CT molecular complexity index is 1130. The molecule has 2 N–H and O–H groups in total. The summed E-state index contributed by atoms with van der Waals surface area (Å²) in [6.45, 7) is 0. The first kappa shape index (κ1) is 21.9. The zero-order valence-corrected chi connectivity index (χ0v) is 15.0. The topological polar surface area (TPSA) is 86.7 Å². The van der Waals surface area contributed by atoms with Crippen LogP contribution < -0.4 is 5.73 Å². The van der Waals surface area contributed by atoms with Crippen LogP contribution in [0.4, 0.5) is 30.7 Å². The number of hydrogen-bond acceptors (Lipinski definition) is 4. The van der Waals surface area contributed by atoms with Crippen molar-refractivity contribution in [2.24, 2.45) is 5.73 Å². The van der Waals surface area contributed by atoms with E-state index in [2.05, 4.69) is 15.1 Å². The van der Waals surface area contributed by atoms with Gasteiger partial charge in [0.25, 0.3) is 5.91 Å². The monoisotopic (exact) mass is 445 g/mol. The molecule has 162 valence electrons. The molecule has 0 fully saturated rings. The van der Waals surface area contributed by atoms with Crippen LogP contribution in [-0.4, -0.2) is 25.7 Å². The lowest BCUT2D eigenvalue weighted by atomic mass is 10.0. The first-order valence-electron chi connectivity index (χ1n) is 8.19. The standard InChI is InChI=1S/C18H10F7N5O/c19-14-5-9(1-2-27-14)13(15(26)31)7-30-8-28-16(29-30)10-3-11(17(20,21)22)6-12(4-10)18(23,24)25/h1-8H,(H2,26,31)/b13-7+. The van der Waals surface area contributed by atoms with E-state index in [0.29, 0.717) is 12.1 Å². The zero-order chi connectivity index (χ0) is 23.0. The minimum Gasteiger partial charge on any atom is -0.366 e. The number of carbonyl (C=O) groups is 1. The summed E-state index contributed by atoms with van der Waals surface area (Å²) < 4.78 is 92.3. The van der Waals surface area contributed by atoms with E-state index in [1.807, 2.05) is 0 Å². The average molecular weight is 445 g/mol. The molecule has 0 aliphatic heterocycles. The number of nitrogens with two attached hydrogens (primary N) is 1. The maximum absolute atomic E-state index is 13.3. The molecule has 0 radical (unpaired) electrons. The third-order valence-corrected chi connectivity index (χ3v) is 3.92. The number of benzene rings is 1. The van der Waals surface area contributed by atoms with Gasteiger partial charge in [0.05, 0.1) is 16.7 Å². The molecule has 0 spiro atoms. The van der Waals surface area contributed by atoms with Crippen LogP contribution in [0.2, 0.25) is 0 Å². The van der Waals surface area contributed by atoms with Gasteiger partial charge in [-0.1, -0.05) is 0 Å². The normalized spacial score (nSPS) is 12.8. The number of aromatic nitrogens is 4. The lowest BCUT2D eigenvalue weighted by molar-refractivity contribution is -0.143. The van der Waals surface area contributed by atoms with Crippen LogP contribution >= 0.6 is 0 Å². The molecule has 0 aliphatic rings. The van der Waals surface area contributed by atoms with E-state index < -0.39 is 46.7 Å². The van der Waals surface area contributed by atoms with Crippen molar-refractivity contribution in [2.75, 3.05) is 0 Å². The molecule has 2 aromatic heterocycles. The number of nitrogens with zero attached hydrogens (tertiary/aromatic N) is 4. The fraction of sp³-hybridized carbons (Fsp3) is 0.111. The highest BCUT2D eigenvalue weighted by Gasteiger charge is 2.37. The lowest BCUT2D eigenvalue weighted by Gasteiger charge is -2.13. The zero-order valence-electron chi connectivity index (χ0n) is 15.0. The second kappa shape index (κ2) is 7.81. The molecule has 31 heavy (non-hydrogen) atoms. The summed E-state index contributed by atoms with van der Waals surface area (Å²) in [5.41, 5.74) is 1.41. The highest BCUT2D eigenvalue weighted by Crippen LogP contribution is 2.38. The Morgan fingerprint density at radius 1 is 0.968 bits per heavy atom. The number of hydrogen-bond donors (Lipinski definition) is 1. The number of carbonyl (C=O) groups excluding carboxylic acids is 1. The molecule has 13 heteroatoms. The molecule has 3 aromatic rings. The molecule has 0 bridgehead atoms. The highest BCUT2D eigenvalue weighted by molar-refractivity contribution is 6.22. The third-order valence-electron chi connectivity index (χ3n) is 3.92. The van der Waals surface area contributed by atoms with Crippen molar-refractivity contribution in [3.8, 4) is 11.4 Å². The van der Waals surface area contributed by atoms with Gasteiger partial charge < -0.3 is 5.73 Å². The van der Waals surface area contributed by atoms with Gasteiger partial charge >= 0.3 is 12.4 Å². The van der Waals surface area contributed by atoms with Gasteiger partial charge in [-0.25, -0.2) is 14.6 Å². The van der Waals surface area contributed by atoms with Crippen LogP contribution in [0, 0.1) is 5.95 Å². The van der Waals surface area contributed by atoms with Crippen LogP contribution in [0.1, 0.15) is 16.7 Å². The van der Waals surface area contributed by atoms with Crippen molar-refractivity contribution >= 4 is 17.7 Å². The van der Waals surface area contributed by atoms with Gasteiger partial charge in [0.1, 0.15) is 6.33 Å². The number of alkyl halides is 6. The van der Waals surface area contributed by atoms with Crippen LogP contribution in [0.15, 0.2) is 42.9 Å². The largest absolute Gasteiger partial charge is 0.416 e. The molecule has 0 atom stereocenters. The Morgan fingerprint density at radius 2 is 1.58 bits per heavy atom. The van der Waals surface area contributed by atoms with Gasteiger partial charge in [-0.3, -0.25) is 4.79 Å². The second-order valence-corrected chi connectivity index (χ2v) is 6.12. The maximum atomic E-state index is 13.3. The Labute approximate surface area is 168 Å². The molecule has 1 amide bonds. The fourth-order valence-electron chi connectivity index (χ4n) is 2.54. The van der Waals surface area contributed by atoms with Crippen molar-refractivity contribution in [3.05, 3.63) is 65.5 Å². The SMILES string of the molecule is NC(=O)/C(=C/n1cnc(-c2cc(C(F)(F)F)cc(C(F)(F)F)c2)n1)c1ccnc(F)c1. The maximum Gasteiger partial charge on any atom is 0.416 e. The first-order chi connectivity index (χ1) is 14.3. The number of rotatable bonds is 4. The number of pyridine rings is 1. The van der Waals surface area contributed by atoms with E-state index in [0.717, 1.165) is 29.5 Å². The summed E-state index contributed by atoms with van der Waals surface area (Å²) in [7, 11) is 0. The van der Waals surface area contributed by atoms with Crippen LogP contribution in [0.25, 0.3) is 23.2 Å². The van der Waals surface area contributed by atoms with E-state index in [4.69, 9.17) is 5.73 Å². The van der Waals surface area contributed by atoms with Gasteiger partial charge in [0.15, 0.2) is 5.82 Å². The van der Waals surface area contributed by atoms with Gasteiger partial charge in [-0.2, -0.15) is 30.7 Å². The number of halogens is 7. The third kappa shape index (κ3) is 5.05. The molecule has 1 aromatic carbocycles. The number of primary amides is 1. The van der Waals surface area contributed by atoms with E-state index in [1.165, 1.54) is 6.07 Å². The van der Waals surface area contributed by atoms with Crippen molar-refractivity contribution < 1.29 is 35.5 Å². The Balaban J connectivity index is 2.07. The Hall–Kier alpha value is -3.77. The van der Waals surface area contributed by atoms with Gasteiger partial charge in [-0.05, 0) is 29.8 Å². The quantitative estimate of drug-likeness (QED) is 0.374. The molecular formula is C18H10F7N5O. The predicted octanol–water partition coefficient (Wildman–Crippen LogP) is 4.00. The molecule has 0 aliphatic carbocycles. The van der Waals surface area contributed by atoms with Crippen LogP contribution in [0.3, 0.4) is 0 Å². The molecular weight excluding hydrogens is 435 g/mol. The summed E-state index contributed by atoms with van der Waals surface area (Å²) in [6, 6.07) is 3.07. The predicted molar refractivity (Wildman–Crippen MR) is 93.0 cm³/mol. The van der Waals surface area contributed by atoms with E-state index >= 15 is 0 Å². The minimum atomic E-state index is -5.04. The summed E-state index contributed by atoms with van der Waals surface area (Å²) in [6.07, 6.45) is -7.09. The molecule has 3 rings (SSSR count). The summed E-state index contributed by atoms with van der Waals surface area (Å²) in [5.74, 6) is -2.38. The smallest absolute Gasteiger partial charge is 0.366 e. The molecule has 0 saturated carbocycles. The summed E-state index contributed by atoms with van der Waals surface area (Å²) in [5, 5.41) is 3.77. The summed E-state index contributed by atoms with van der Waals surface area (Å²) in [4.78, 5) is 18.7. The number of amides is 1. The average Bonchev–Trinajstić information content (AvgIpc) is 3.13. The fourth-order valence-corrected chi connectivity index (χ4v) is 2.54. The van der Waals surface area contributed by atoms with E-state index in [-0.39, 0.29) is 17.2 Å². The van der Waals surface area contributed by atoms with Crippen molar-refractivity contribution in [2.45, 2.75) is 12.4 Å². The molecule has 6 nitrogen and oxygen atoms in total. The molecule has 0 unspecified atom stereocenters. The van der Waals surface area contributed by atoms with Gasteiger partial charge in [0.2, 0.25) is 5.95 Å². The van der Waals surface area contributed by atoms with Crippen LogP contribution in [-0.2, 0) is 17.1 Å². The Morgan fingerprint density at radius 3 is 2.10 bits per heavy atom.